The summed E-state index contributed by atoms with van der Waals surface area (Å²) in [6.07, 6.45) is 3.72. The van der Waals surface area contributed by atoms with E-state index in [1.165, 1.54) is 0 Å². The summed E-state index contributed by atoms with van der Waals surface area (Å²) in [4.78, 5) is 20.3. The molecule has 3 aliphatic rings. The molecule has 0 amide bonds. The Morgan fingerprint density at radius 1 is 1.18 bits per heavy atom. The van der Waals surface area contributed by atoms with Crippen molar-refractivity contribution in [3.05, 3.63) is 71.1 Å². The lowest BCUT2D eigenvalue weighted by Crippen LogP contribution is -2.51. The number of anilines is 2. The fourth-order valence-electron chi connectivity index (χ4n) is 5.71. The minimum Gasteiger partial charge on any atom is -0.481 e. The van der Waals surface area contributed by atoms with Crippen LogP contribution in [0.2, 0.25) is 0 Å². The second kappa shape index (κ2) is 8.08. The van der Waals surface area contributed by atoms with Gasteiger partial charge in [0.05, 0.1) is 18.7 Å². The number of Topliss-reactive ketones (excluding diaryl/α,β-unsaturated/α-hetero) is 1. The SMILES string of the molecule is CC[C@@]1(c2cccc(N(C)c3cccc(OC)n3)c2)C2=CN=NC2NC2=C1C(=O)CC(C)(C)C2. The molecule has 1 aliphatic carbocycles. The first kappa shape index (κ1) is 22.3. The average Bonchev–Trinajstić information content (AvgIpc) is 3.30. The van der Waals surface area contributed by atoms with Crippen LogP contribution >= 0.6 is 0 Å². The minimum atomic E-state index is -0.568. The van der Waals surface area contributed by atoms with Crippen LogP contribution in [0.15, 0.2) is 75.7 Å². The van der Waals surface area contributed by atoms with E-state index < -0.39 is 5.41 Å². The monoisotopic (exact) mass is 457 g/mol. The molecule has 0 fully saturated rings. The average molecular weight is 458 g/mol. The molecule has 5 rings (SSSR count). The van der Waals surface area contributed by atoms with Gasteiger partial charge in [0.15, 0.2) is 11.9 Å². The number of nitrogens with one attached hydrogen (secondary N) is 1. The van der Waals surface area contributed by atoms with Gasteiger partial charge in [0.2, 0.25) is 5.88 Å². The first-order valence-electron chi connectivity index (χ1n) is 11.8. The van der Waals surface area contributed by atoms with Gasteiger partial charge in [-0.25, -0.2) is 0 Å². The normalized spacial score (nSPS) is 24.8. The van der Waals surface area contributed by atoms with Crippen molar-refractivity contribution in [1.82, 2.24) is 10.3 Å². The summed E-state index contributed by atoms with van der Waals surface area (Å²) < 4.78 is 5.31. The zero-order valence-electron chi connectivity index (χ0n) is 20.4. The fraction of sp³-hybridized carbons (Fsp3) is 0.407. The van der Waals surface area contributed by atoms with Gasteiger partial charge in [0, 0.05) is 42.1 Å². The zero-order chi connectivity index (χ0) is 24.1. The molecule has 1 aromatic heterocycles. The predicted molar refractivity (Wildman–Crippen MR) is 132 cm³/mol. The van der Waals surface area contributed by atoms with E-state index in [1.807, 2.05) is 36.3 Å². The molecule has 1 unspecified atom stereocenters. The van der Waals surface area contributed by atoms with Crippen LogP contribution in [0.3, 0.4) is 0 Å². The standard InChI is InChI=1S/C27H31N5O2/c1-6-27(17-9-7-10-18(13-17)32(4)22-11-8-12-23(30-22)34-5)19-16-28-31-25(19)29-20-14-26(2,3)15-21(33)24(20)27/h7-13,16,25,29H,6,14-15H2,1-5H3/t25?,27-/m1/s1. The Morgan fingerprint density at radius 3 is 2.74 bits per heavy atom. The van der Waals surface area contributed by atoms with Crippen LogP contribution in [-0.2, 0) is 10.2 Å². The summed E-state index contributed by atoms with van der Waals surface area (Å²) in [5, 5.41) is 12.3. The molecule has 7 heteroatoms. The van der Waals surface area contributed by atoms with E-state index in [4.69, 9.17) is 4.74 Å². The van der Waals surface area contributed by atoms with Gasteiger partial charge >= 0.3 is 0 Å². The van der Waals surface area contributed by atoms with Crippen molar-refractivity contribution in [1.29, 1.82) is 0 Å². The van der Waals surface area contributed by atoms with Crippen molar-refractivity contribution < 1.29 is 9.53 Å². The lowest BCUT2D eigenvalue weighted by atomic mass is 9.59. The molecule has 0 bridgehead atoms. The van der Waals surface area contributed by atoms with Crippen LogP contribution in [0.4, 0.5) is 11.5 Å². The van der Waals surface area contributed by atoms with Gasteiger partial charge in [0.1, 0.15) is 5.82 Å². The van der Waals surface area contributed by atoms with E-state index in [-0.39, 0.29) is 17.4 Å². The van der Waals surface area contributed by atoms with Crippen LogP contribution in [0.1, 0.15) is 45.6 Å². The maximum absolute atomic E-state index is 13.7. The Kier molecular flexibility index (Phi) is 5.30. The molecule has 7 nitrogen and oxygen atoms in total. The van der Waals surface area contributed by atoms with E-state index in [0.29, 0.717) is 12.3 Å². The van der Waals surface area contributed by atoms with Gasteiger partial charge in [-0.1, -0.05) is 39.0 Å². The maximum Gasteiger partial charge on any atom is 0.214 e. The topological polar surface area (TPSA) is 79.2 Å². The first-order chi connectivity index (χ1) is 16.3. The van der Waals surface area contributed by atoms with Crippen molar-refractivity contribution in [2.75, 3.05) is 19.1 Å². The molecule has 0 radical (unpaired) electrons. The number of rotatable bonds is 5. The van der Waals surface area contributed by atoms with Crippen molar-refractivity contribution in [3.63, 3.8) is 0 Å². The smallest absolute Gasteiger partial charge is 0.214 e. The highest BCUT2D eigenvalue weighted by Crippen LogP contribution is 2.54. The second-order valence-corrected chi connectivity index (χ2v) is 10.1. The molecule has 34 heavy (non-hydrogen) atoms. The number of fused-ring (bicyclic) bond motifs is 1. The number of benzene rings is 1. The van der Waals surface area contributed by atoms with Crippen LogP contribution < -0.4 is 15.0 Å². The number of hydrogen-bond donors (Lipinski definition) is 1. The van der Waals surface area contributed by atoms with E-state index >= 15 is 0 Å². The highest BCUT2D eigenvalue weighted by Gasteiger charge is 2.53. The molecular weight excluding hydrogens is 426 g/mol. The van der Waals surface area contributed by atoms with Gasteiger partial charge < -0.3 is 15.0 Å². The van der Waals surface area contributed by atoms with Gasteiger partial charge in [0.25, 0.3) is 0 Å². The summed E-state index contributed by atoms with van der Waals surface area (Å²) in [5.74, 6) is 1.56. The van der Waals surface area contributed by atoms with Gasteiger partial charge in [-0.05, 0) is 42.0 Å². The lowest BCUT2D eigenvalue weighted by molar-refractivity contribution is -0.119. The van der Waals surface area contributed by atoms with Gasteiger partial charge in [-0.3, -0.25) is 4.79 Å². The quantitative estimate of drug-likeness (QED) is 0.648. The molecule has 2 aliphatic heterocycles. The number of aromatic nitrogens is 1. The third-order valence-corrected chi connectivity index (χ3v) is 7.30. The van der Waals surface area contributed by atoms with Gasteiger partial charge in [-0.2, -0.15) is 15.2 Å². The molecule has 0 saturated carbocycles. The number of ketones is 1. The molecule has 2 aromatic rings. The predicted octanol–water partition coefficient (Wildman–Crippen LogP) is 5.43. The van der Waals surface area contributed by atoms with Crippen molar-refractivity contribution in [2.45, 2.75) is 51.6 Å². The molecule has 3 heterocycles. The number of methoxy groups -OCH3 is 1. The largest absolute Gasteiger partial charge is 0.481 e. The van der Waals surface area contributed by atoms with Crippen LogP contribution in [-0.4, -0.2) is 31.1 Å². The number of allylic oxidation sites excluding steroid dienone is 2. The van der Waals surface area contributed by atoms with Crippen molar-refractivity contribution >= 4 is 17.3 Å². The molecular formula is C27H31N5O2. The Balaban J connectivity index is 1.66. The van der Waals surface area contributed by atoms with E-state index in [2.05, 4.69) is 65.6 Å². The highest BCUT2D eigenvalue weighted by molar-refractivity contribution is 6.01. The minimum absolute atomic E-state index is 0.0839. The van der Waals surface area contributed by atoms with Gasteiger partial charge in [-0.15, -0.1) is 0 Å². The summed E-state index contributed by atoms with van der Waals surface area (Å²) in [7, 11) is 3.60. The Labute approximate surface area is 200 Å². The molecule has 0 saturated heterocycles. The third kappa shape index (κ3) is 3.42. The van der Waals surface area contributed by atoms with E-state index in [1.54, 1.807) is 7.11 Å². The summed E-state index contributed by atoms with van der Waals surface area (Å²) in [6, 6.07) is 14.1. The maximum atomic E-state index is 13.7. The zero-order valence-corrected chi connectivity index (χ0v) is 20.4. The number of carbonyl (C=O) groups excluding carboxylic acids is 1. The summed E-state index contributed by atoms with van der Waals surface area (Å²) in [5.41, 5.74) is 4.34. The molecule has 2 atom stereocenters. The fourth-order valence-corrected chi connectivity index (χ4v) is 5.71. The third-order valence-electron chi connectivity index (χ3n) is 7.30. The number of hydrogen-bond acceptors (Lipinski definition) is 7. The molecule has 176 valence electrons. The van der Waals surface area contributed by atoms with E-state index in [0.717, 1.165) is 46.8 Å². The second-order valence-electron chi connectivity index (χ2n) is 10.1. The molecule has 0 spiro atoms. The molecule has 1 N–H and O–H groups in total. The van der Waals surface area contributed by atoms with Crippen molar-refractivity contribution in [3.8, 4) is 5.88 Å². The number of azo groups is 1. The summed E-state index contributed by atoms with van der Waals surface area (Å²) >= 11 is 0. The van der Waals surface area contributed by atoms with Crippen molar-refractivity contribution in [2.24, 2.45) is 15.6 Å². The Bertz CT molecular complexity index is 1250. The van der Waals surface area contributed by atoms with E-state index in [9.17, 15) is 4.79 Å². The first-order valence-corrected chi connectivity index (χ1v) is 11.8. The highest BCUT2D eigenvalue weighted by atomic mass is 16.5. The van der Waals surface area contributed by atoms with Crippen LogP contribution in [0, 0.1) is 5.41 Å². The number of pyridine rings is 1. The van der Waals surface area contributed by atoms with Crippen LogP contribution in [0.25, 0.3) is 0 Å². The van der Waals surface area contributed by atoms with Crippen LogP contribution in [0.5, 0.6) is 5.88 Å². The Hall–Kier alpha value is -3.48. The molecule has 1 aromatic carbocycles. The number of nitrogens with zero attached hydrogens (tertiary/aromatic N) is 4. The Morgan fingerprint density at radius 2 is 1.97 bits per heavy atom. The number of ether oxygens (including phenoxy) is 1. The lowest BCUT2D eigenvalue weighted by Gasteiger charge is -2.48. The number of carbonyl (C=O) groups is 1. The summed E-state index contributed by atoms with van der Waals surface area (Å²) in [6.45, 7) is 6.46.